The third-order valence-corrected chi connectivity index (χ3v) is 29.3. The fraction of sp³-hybridized carbons (Fsp3) is 0.453. The van der Waals surface area contributed by atoms with Gasteiger partial charge in [0.25, 0.3) is 0 Å². The molecule has 0 aliphatic carbocycles. The maximum Gasteiger partial charge on any atom is 0.308 e. The molecule has 130 heavy (non-hydrogen) atoms. The number of carbonyl (C=O) groups is 4. The van der Waals surface area contributed by atoms with E-state index in [1.807, 2.05) is 114 Å². The van der Waals surface area contributed by atoms with Crippen molar-refractivity contribution in [2.45, 2.75) is 101 Å². The Kier molecular flexibility index (Phi) is 36.2. The normalized spacial score (nSPS) is 20.7. The number of aliphatic hydroxyl groups is 3. The number of aliphatic hydroxyl groups excluding tert-OH is 3. The molecular weight excluding hydrogens is 1990 g/mol. The molecule has 10 atom stereocenters. The molecule has 0 bridgehead atoms. The minimum Gasteiger partial charge on any atom is -0.486 e. The van der Waals surface area contributed by atoms with Crippen molar-refractivity contribution < 1.29 is 68.0 Å². The van der Waals surface area contributed by atoms with E-state index < -0.39 is 42.4 Å². The van der Waals surface area contributed by atoms with Crippen molar-refractivity contribution in [3.05, 3.63) is 216 Å². The number of likely N-dealkylation sites (tertiary alicyclic amines) is 3. The molecule has 2 unspecified atom stereocenters. The van der Waals surface area contributed by atoms with Crippen LogP contribution in [0.2, 0.25) is 50.2 Å². The first kappa shape index (κ1) is 99.0. The molecule has 35 heteroatoms. The molecule has 0 radical (unpaired) electrons. The molecule has 0 spiro atoms. The number of carboxylic acid groups (broad SMARTS) is 1. The zero-order valence-electron chi connectivity index (χ0n) is 71.6. The van der Waals surface area contributed by atoms with E-state index in [1.165, 1.54) is 0 Å². The molecular formula is C95H107Cl10IN10O14. The summed E-state index contributed by atoms with van der Waals surface area (Å²) in [5.74, 6) is 2.31. The SMILES string of the molecule is Clc1ccc(I)cc1Cl.O=C(N[C@H](CN1CCCC1)[C@H](O)c1ccc2c(c1)OCCO2)C1CCN(c2ccc(Cl)c(Cl)c2)C1.O=C(N[C@H](CN1CCCC1)[C@H](O)c1ccc2c(c1)OCCO2)[C@@H]1CCN(c2ccc(Cl)c(Cl)c2)C1.O=C(N[C@H](CN1CCCC1)[C@H](O)c1ccc2c(c1)OCCO2)[C@H]1CCN(c2ccc(Cl)c(Cl)c2)C1.O=C(O)C1CCN(c2ccc(Cl)c(Cl)c2)C1. The van der Waals surface area contributed by atoms with Crippen molar-refractivity contribution in [1.29, 1.82) is 0 Å². The van der Waals surface area contributed by atoms with Gasteiger partial charge in [0, 0.05) is 98.3 Å². The van der Waals surface area contributed by atoms with Crippen molar-refractivity contribution in [2.24, 2.45) is 23.7 Å². The summed E-state index contributed by atoms with van der Waals surface area (Å²) in [5, 5.41) is 57.8. The minimum absolute atomic E-state index is 0.0339. The molecule has 7 fully saturated rings. The molecule has 10 aliphatic rings. The Morgan fingerprint density at radius 2 is 0.562 bits per heavy atom. The number of ether oxygens (including phenoxy) is 6. The topological polar surface area (TPSA) is 263 Å². The van der Waals surface area contributed by atoms with Crippen LogP contribution in [0.1, 0.15) is 99.2 Å². The fourth-order valence-electron chi connectivity index (χ4n) is 17.8. The summed E-state index contributed by atoms with van der Waals surface area (Å²) >= 11 is 62.0. The van der Waals surface area contributed by atoms with E-state index in [4.69, 9.17) is 150 Å². The molecule has 8 aromatic rings. The first-order valence-corrected chi connectivity index (χ1v) is 49.0. The second kappa shape index (κ2) is 47.5. The largest absolute Gasteiger partial charge is 0.486 e. The van der Waals surface area contributed by atoms with E-state index in [1.54, 1.807) is 36.4 Å². The van der Waals surface area contributed by atoms with Gasteiger partial charge in [0.2, 0.25) is 17.7 Å². The maximum absolute atomic E-state index is 13.3. The van der Waals surface area contributed by atoms with Gasteiger partial charge in [-0.15, -0.1) is 0 Å². The molecule has 7 N–H and O–H groups in total. The molecule has 698 valence electrons. The first-order valence-electron chi connectivity index (χ1n) is 44.2. The molecule has 7 saturated heterocycles. The van der Waals surface area contributed by atoms with Gasteiger partial charge in [-0.1, -0.05) is 134 Å². The van der Waals surface area contributed by atoms with Crippen molar-refractivity contribution in [3.63, 3.8) is 0 Å². The summed E-state index contributed by atoms with van der Waals surface area (Å²) in [7, 11) is 0. The molecule has 10 heterocycles. The Balaban J connectivity index is 0.000000139. The van der Waals surface area contributed by atoms with Crippen LogP contribution in [-0.2, 0) is 19.2 Å². The number of aliphatic carboxylic acids is 1. The number of fused-ring (bicyclic) bond motifs is 3. The number of nitrogens with zero attached hydrogens (tertiary/aromatic N) is 7. The number of nitrogens with one attached hydrogen (secondary N) is 3. The van der Waals surface area contributed by atoms with E-state index >= 15 is 0 Å². The lowest BCUT2D eigenvalue weighted by Gasteiger charge is -2.30. The van der Waals surface area contributed by atoms with Gasteiger partial charge in [0.15, 0.2) is 34.5 Å². The van der Waals surface area contributed by atoms with Crippen molar-refractivity contribution in [3.8, 4) is 34.5 Å². The van der Waals surface area contributed by atoms with E-state index in [0.29, 0.717) is 193 Å². The van der Waals surface area contributed by atoms with E-state index in [9.17, 15) is 34.5 Å². The van der Waals surface area contributed by atoms with Crippen LogP contribution in [0.3, 0.4) is 0 Å². The number of anilines is 4. The first-order chi connectivity index (χ1) is 62.7. The highest BCUT2D eigenvalue weighted by Gasteiger charge is 2.39. The lowest BCUT2D eigenvalue weighted by atomic mass is 9.99. The number of hydrogen-bond acceptors (Lipinski definition) is 20. The van der Waals surface area contributed by atoms with Crippen molar-refractivity contribution in [1.82, 2.24) is 30.7 Å². The zero-order chi connectivity index (χ0) is 91.6. The Morgan fingerprint density at radius 3 is 0.808 bits per heavy atom. The van der Waals surface area contributed by atoms with Crippen molar-refractivity contribution in [2.75, 3.05) is 171 Å². The number of rotatable bonds is 23. The zero-order valence-corrected chi connectivity index (χ0v) is 81.3. The maximum atomic E-state index is 13.3. The highest BCUT2D eigenvalue weighted by atomic mass is 127. The number of hydrogen-bond donors (Lipinski definition) is 7. The summed E-state index contributed by atoms with van der Waals surface area (Å²) in [6.07, 6.45) is 7.16. The Labute approximate surface area is 822 Å². The van der Waals surface area contributed by atoms with Gasteiger partial charge >= 0.3 is 5.97 Å². The third-order valence-electron chi connectivity index (χ3n) is 25.0. The molecule has 24 nitrogen and oxygen atoms in total. The summed E-state index contributed by atoms with van der Waals surface area (Å²) in [6, 6.07) is 42.7. The van der Waals surface area contributed by atoms with Crippen LogP contribution >= 0.6 is 139 Å². The number of carbonyl (C=O) groups excluding carboxylic acids is 3. The van der Waals surface area contributed by atoms with Crippen LogP contribution < -0.4 is 64.0 Å². The number of carboxylic acids is 1. The van der Waals surface area contributed by atoms with Gasteiger partial charge in [0.05, 0.1) is 92.0 Å². The summed E-state index contributed by atoms with van der Waals surface area (Å²) < 4.78 is 35.0. The molecule has 0 saturated carbocycles. The number of halogens is 11. The predicted octanol–water partition coefficient (Wildman–Crippen LogP) is 18.2. The Morgan fingerprint density at radius 1 is 0.315 bits per heavy atom. The summed E-state index contributed by atoms with van der Waals surface area (Å²) in [5.41, 5.74) is 5.94. The summed E-state index contributed by atoms with van der Waals surface area (Å²) in [6.45, 7) is 16.0. The quantitative estimate of drug-likeness (QED) is 0.0232. The van der Waals surface area contributed by atoms with Gasteiger partial charge in [0.1, 0.15) is 58.0 Å². The van der Waals surface area contributed by atoms with Crippen LogP contribution in [0, 0.1) is 27.2 Å². The average Bonchev–Trinajstić information content (AvgIpc) is 1.50. The molecule has 10 aliphatic heterocycles. The van der Waals surface area contributed by atoms with Gasteiger partial charge in [-0.25, -0.2) is 0 Å². The van der Waals surface area contributed by atoms with Crippen LogP contribution in [-0.4, -0.2) is 228 Å². The molecule has 8 aromatic carbocycles. The predicted molar refractivity (Wildman–Crippen MR) is 524 cm³/mol. The lowest BCUT2D eigenvalue weighted by molar-refractivity contribution is -0.141. The van der Waals surface area contributed by atoms with Gasteiger partial charge in [-0.2, -0.15) is 0 Å². The van der Waals surface area contributed by atoms with Gasteiger partial charge in [-0.05, 0) is 270 Å². The van der Waals surface area contributed by atoms with Gasteiger partial charge < -0.3 is 99.1 Å². The monoisotopic (exact) mass is 2090 g/mol. The van der Waals surface area contributed by atoms with Crippen LogP contribution in [0.15, 0.2) is 146 Å². The van der Waals surface area contributed by atoms with Crippen LogP contribution in [0.25, 0.3) is 0 Å². The van der Waals surface area contributed by atoms with Gasteiger partial charge in [-0.3, -0.25) is 19.2 Å². The Hall–Kier alpha value is -6.97. The second-order valence-electron chi connectivity index (χ2n) is 33.9. The minimum atomic E-state index is -0.858. The molecule has 0 aromatic heterocycles. The lowest BCUT2D eigenvalue weighted by Crippen LogP contribution is -2.48. The highest BCUT2D eigenvalue weighted by Crippen LogP contribution is 2.41. The number of benzene rings is 8. The van der Waals surface area contributed by atoms with Crippen molar-refractivity contribution >= 4 is 185 Å². The van der Waals surface area contributed by atoms with Crippen LogP contribution in [0.5, 0.6) is 34.5 Å². The average molecular weight is 2090 g/mol. The van der Waals surface area contributed by atoms with E-state index in [-0.39, 0.29) is 41.4 Å². The standard InChI is InChI=1S/3C26H31Cl2N3O4.C11H11Cl2NO2.C6H3Cl2I/c3*27-20-5-4-19(14-21(20)28)31-10-7-18(15-31)26(33)29-22(16-30-8-1-2-9-30)25(32)17-3-6-23-24(13-17)35-12-11-34-23;12-9-2-1-8(5-10(9)13)14-4-3-7(6-14)11(15)16;7-5-2-1-4(9)3-6(5)8/h3*3-6,13-14,18,22,25,32H,1-2,7-12,15-16H2,(H,29,33);1-2,5,7H,3-4,6H2,(H,15,16);1-3H/t18?,22-,25-;18-,22+,25+;18-,22-,25-;;/m101../s1. The number of amides is 3. The van der Waals surface area contributed by atoms with E-state index in [0.717, 1.165) is 150 Å². The second-order valence-corrected chi connectivity index (χ2v) is 39.2. The fourth-order valence-corrected chi connectivity index (χ4v) is 19.9. The van der Waals surface area contributed by atoms with Crippen LogP contribution in [0.4, 0.5) is 22.7 Å². The highest BCUT2D eigenvalue weighted by molar-refractivity contribution is 14.1. The summed E-state index contributed by atoms with van der Waals surface area (Å²) in [4.78, 5) is 66.2. The Bertz CT molecular complexity index is 4820. The molecule has 3 amide bonds. The third kappa shape index (κ3) is 26.8. The smallest absolute Gasteiger partial charge is 0.308 e. The van der Waals surface area contributed by atoms with E-state index in [2.05, 4.69) is 67.9 Å². The molecule has 18 rings (SSSR count).